The summed E-state index contributed by atoms with van der Waals surface area (Å²) < 4.78 is 39.6. The largest absolute Gasteiger partial charge is 0.494 e. The highest BCUT2D eigenvalue weighted by atomic mass is 32.2. The van der Waals surface area contributed by atoms with Gasteiger partial charge in [-0.15, -0.1) is 5.10 Å². The topological polar surface area (TPSA) is 106 Å². The Bertz CT molecular complexity index is 1150. The number of hydrogen-bond acceptors (Lipinski definition) is 8. The Balaban J connectivity index is 1.78. The van der Waals surface area contributed by atoms with E-state index in [1.54, 1.807) is 49.5 Å². The highest BCUT2D eigenvalue weighted by Crippen LogP contribution is 2.30. The third-order valence-corrected chi connectivity index (χ3v) is 5.78. The molecule has 0 spiro atoms. The van der Waals surface area contributed by atoms with E-state index in [1.165, 1.54) is 6.07 Å². The first-order valence-corrected chi connectivity index (χ1v) is 11.6. The van der Waals surface area contributed by atoms with E-state index in [1.807, 2.05) is 32.0 Å². The van der Waals surface area contributed by atoms with Crippen LogP contribution in [0, 0.1) is 0 Å². The molecule has 1 heterocycles. The minimum absolute atomic E-state index is 0.0169. The zero-order valence-corrected chi connectivity index (χ0v) is 19.3. The van der Waals surface area contributed by atoms with Crippen molar-refractivity contribution in [1.82, 2.24) is 10.2 Å². The average molecular weight is 458 g/mol. The van der Waals surface area contributed by atoms with Gasteiger partial charge in [0.15, 0.2) is 5.82 Å². The molecule has 0 radical (unpaired) electrons. The van der Waals surface area contributed by atoms with Gasteiger partial charge in [0.25, 0.3) is 10.0 Å². The maximum atomic E-state index is 13.0. The Kier molecular flexibility index (Phi) is 7.37. The van der Waals surface area contributed by atoms with E-state index in [-0.39, 0.29) is 10.6 Å². The molecule has 0 bridgehead atoms. The highest BCUT2D eigenvalue weighted by Gasteiger charge is 2.21. The van der Waals surface area contributed by atoms with Crippen molar-refractivity contribution < 1.29 is 17.9 Å². The van der Waals surface area contributed by atoms with E-state index < -0.39 is 10.0 Å². The molecule has 0 saturated heterocycles. The van der Waals surface area contributed by atoms with Crippen LogP contribution in [-0.2, 0) is 10.0 Å². The third kappa shape index (κ3) is 5.79. The van der Waals surface area contributed by atoms with Crippen LogP contribution in [0.3, 0.4) is 0 Å². The number of rotatable bonds is 10. The van der Waals surface area contributed by atoms with Crippen molar-refractivity contribution in [2.75, 3.05) is 42.2 Å². The van der Waals surface area contributed by atoms with Gasteiger partial charge >= 0.3 is 0 Å². The zero-order valence-electron chi connectivity index (χ0n) is 18.5. The number of hydrogen-bond donors (Lipinski definition) is 2. The maximum absolute atomic E-state index is 13.0. The summed E-state index contributed by atoms with van der Waals surface area (Å²) in [7, 11) is -0.0584. The molecule has 0 aliphatic carbocycles. The van der Waals surface area contributed by atoms with Gasteiger partial charge in [0.1, 0.15) is 16.4 Å². The molecule has 0 saturated carbocycles. The smallest absolute Gasteiger partial charge is 0.265 e. The van der Waals surface area contributed by atoms with Crippen LogP contribution < -0.4 is 24.4 Å². The Morgan fingerprint density at radius 1 is 0.938 bits per heavy atom. The Morgan fingerprint density at radius 2 is 1.62 bits per heavy atom. The quantitative estimate of drug-likeness (QED) is 0.472. The average Bonchev–Trinajstić information content (AvgIpc) is 2.76. The van der Waals surface area contributed by atoms with Gasteiger partial charge in [0.05, 0.1) is 25.1 Å². The lowest BCUT2D eigenvalue weighted by Crippen LogP contribution is -2.15. The maximum Gasteiger partial charge on any atom is 0.265 e. The molecule has 2 N–H and O–H groups in total. The Labute approximate surface area is 188 Å². The molecule has 3 aromatic rings. The summed E-state index contributed by atoms with van der Waals surface area (Å²) in [5.41, 5.74) is 2.06. The highest BCUT2D eigenvalue weighted by molar-refractivity contribution is 7.92. The minimum atomic E-state index is -3.90. The van der Waals surface area contributed by atoms with Gasteiger partial charge in [-0.2, -0.15) is 5.10 Å². The van der Waals surface area contributed by atoms with E-state index in [0.717, 1.165) is 11.4 Å². The second-order valence-electron chi connectivity index (χ2n) is 6.98. The summed E-state index contributed by atoms with van der Waals surface area (Å²) in [6.07, 6.45) is 1.67. The fourth-order valence-corrected chi connectivity index (χ4v) is 4.09. The van der Waals surface area contributed by atoms with E-state index in [0.29, 0.717) is 30.5 Å². The predicted molar refractivity (Wildman–Crippen MR) is 126 cm³/mol. The van der Waals surface area contributed by atoms with Crippen molar-refractivity contribution in [3.05, 3.63) is 54.7 Å². The lowest BCUT2D eigenvalue weighted by Gasteiger charge is -2.15. The molecule has 0 unspecified atom stereocenters. The Morgan fingerprint density at radius 3 is 2.28 bits per heavy atom. The number of sulfonamides is 1. The van der Waals surface area contributed by atoms with Crippen LogP contribution in [0.25, 0.3) is 0 Å². The standard InChI is InChI=1S/C22H27N5O4S/c1-5-30-19-11-12-20(31-6-2)21(14-19)32(28,29)26-17-9-7-16(8-10-17)24-22-13-18(27(3)4)15-23-25-22/h7-15,26H,5-6H2,1-4H3,(H,24,25). The fourth-order valence-electron chi connectivity index (χ4n) is 2.87. The molecule has 2 aromatic carbocycles. The minimum Gasteiger partial charge on any atom is -0.494 e. The number of anilines is 4. The van der Waals surface area contributed by atoms with Gasteiger partial charge < -0.3 is 19.7 Å². The number of aromatic nitrogens is 2. The van der Waals surface area contributed by atoms with E-state index in [9.17, 15) is 8.42 Å². The van der Waals surface area contributed by atoms with Crippen molar-refractivity contribution in [3.63, 3.8) is 0 Å². The summed E-state index contributed by atoms with van der Waals surface area (Å²) in [4.78, 5) is 1.94. The van der Waals surface area contributed by atoms with E-state index in [2.05, 4.69) is 20.2 Å². The van der Waals surface area contributed by atoms with Crippen LogP contribution in [0.5, 0.6) is 11.5 Å². The van der Waals surface area contributed by atoms with Crippen LogP contribution in [0.1, 0.15) is 13.8 Å². The third-order valence-electron chi connectivity index (χ3n) is 4.38. The van der Waals surface area contributed by atoms with Gasteiger partial charge in [-0.1, -0.05) is 0 Å². The predicted octanol–water partition coefficient (Wildman–Crippen LogP) is 3.88. The number of nitrogens with one attached hydrogen (secondary N) is 2. The van der Waals surface area contributed by atoms with Gasteiger partial charge in [0, 0.05) is 37.6 Å². The second-order valence-corrected chi connectivity index (χ2v) is 8.63. The molecule has 0 aliphatic rings. The molecule has 10 heteroatoms. The summed E-state index contributed by atoms with van der Waals surface area (Å²) >= 11 is 0. The SMILES string of the molecule is CCOc1ccc(OCC)c(S(=O)(=O)Nc2ccc(Nc3cc(N(C)C)cnn3)cc2)c1. The lowest BCUT2D eigenvalue weighted by molar-refractivity contribution is 0.322. The first-order valence-electron chi connectivity index (χ1n) is 10.1. The second kappa shape index (κ2) is 10.2. The number of ether oxygens (including phenoxy) is 2. The number of nitrogens with zero attached hydrogens (tertiary/aromatic N) is 3. The molecular formula is C22H27N5O4S. The zero-order chi connectivity index (χ0) is 23.1. The van der Waals surface area contributed by atoms with Crippen LogP contribution in [0.4, 0.5) is 22.9 Å². The molecule has 9 nitrogen and oxygen atoms in total. The molecule has 0 fully saturated rings. The van der Waals surface area contributed by atoms with Crippen molar-refractivity contribution in [1.29, 1.82) is 0 Å². The molecule has 170 valence electrons. The van der Waals surface area contributed by atoms with E-state index >= 15 is 0 Å². The molecule has 32 heavy (non-hydrogen) atoms. The molecule has 0 atom stereocenters. The van der Waals surface area contributed by atoms with E-state index in [4.69, 9.17) is 9.47 Å². The molecule has 0 aliphatic heterocycles. The van der Waals surface area contributed by atoms with Crippen molar-refractivity contribution >= 4 is 32.9 Å². The van der Waals surface area contributed by atoms with Crippen LogP contribution in [0.2, 0.25) is 0 Å². The van der Waals surface area contributed by atoms with Crippen LogP contribution in [0.15, 0.2) is 59.6 Å². The molecule has 3 rings (SSSR count). The fraction of sp³-hybridized carbons (Fsp3) is 0.273. The van der Waals surface area contributed by atoms with Crippen molar-refractivity contribution in [2.45, 2.75) is 18.7 Å². The summed E-state index contributed by atoms with van der Waals surface area (Å²) in [5, 5.41) is 11.2. The Hall–Kier alpha value is -3.53. The monoisotopic (exact) mass is 457 g/mol. The van der Waals surface area contributed by atoms with Crippen LogP contribution in [-0.4, -0.2) is 45.9 Å². The van der Waals surface area contributed by atoms with Gasteiger partial charge in [-0.05, 0) is 50.2 Å². The molecule has 1 aromatic heterocycles. The van der Waals surface area contributed by atoms with Crippen molar-refractivity contribution in [2.24, 2.45) is 0 Å². The van der Waals surface area contributed by atoms with Gasteiger partial charge in [0.2, 0.25) is 0 Å². The van der Waals surface area contributed by atoms with Gasteiger partial charge in [-0.25, -0.2) is 8.42 Å². The molecule has 0 amide bonds. The van der Waals surface area contributed by atoms with Gasteiger partial charge in [-0.3, -0.25) is 4.72 Å². The first-order chi connectivity index (χ1) is 15.3. The van der Waals surface area contributed by atoms with Crippen molar-refractivity contribution in [3.8, 4) is 11.5 Å². The lowest BCUT2D eigenvalue weighted by atomic mass is 10.3. The first kappa shape index (κ1) is 23.1. The summed E-state index contributed by atoms with van der Waals surface area (Å²) in [5.74, 6) is 1.30. The summed E-state index contributed by atoms with van der Waals surface area (Å²) in [6.45, 7) is 4.40. The normalized spacial score (nSPS) is 11.0. The summed E-state index contributed by atoms with van der Waals surface area (Å²) in [6, 6.07) is 13.4. The molecular weight excluding hydrogens is 430 g/mol. The number of benzene rings is 2. The van der Waals surface area contributed by atoms with Crippen LogP contribution >= 0.6 is 0 Å².